The van der Waals surface area contributed by atoms with Crippen LogP contribution in [-0.4, -0.2) is 29.1 Å². The van der Waals surface area contributed by atoms with E-state index in [2.05, 4.69) is 16.0 Å². The third-order valence-electron chi connectivity index (χ3n) is 3.07. The van der Waals surface area contributed by atoms with Crippen molar-refractivity contribution in [3.63, 3.8) is 0 Å². The van der Waals surface area contributed by atoms with Gasteiger partial charge < -0.3 is 16.0 Å². The lowest BCUT2D eigenvalue weighted by atomic mass is 10.2. The van der Waals surface area contributed by atoms with E-state index in [-0.39, 0.29) is 23.4 Å². The van der Waals surface area contributed by atoms with Gasteiger partial charge in [0.1, 0.15) is 0 Å². The number of para-hydroxylation sites is 1. The number of thioether (sulfide) groups is 1. The van der Waals surface area contributed by atoms with Crippen LogP contribution in [0.4, 0.5) is 10.5 Å². The topological polar surface area (TPSA) is 70.2 Å². The van der Waals surface area contributed by atoms with E-state index in [4.69, 9.17) is 0 Å². The molecule has 0 spiro atoms. The van der Waals surface area contributed by atoms with Crippen molar-refractivity contribution in [1.82, 2.24) is 10.6 Å². The molecule has 1 heterocycles. The Balaban J connectivity index is 1.81. The summed E-state index contributed by atoms with van der Waals surface area (Å²) in [5, 5.41) is 8.46. The summed E-state index contributed by atoms with van der Waals surface area (Å²) in [6, 6.07) is 7.64. The molecule has 0 aliphatic carbocycles. The lowest BCUT2D eigenvalue weighted by Crippen LogP contribution is -2.52. The number of urea groups is 1. The van der Waals surface area contributed by atoms with Gasteiger partial charge in [0.25, 0.3) is 0 Å². The van der Waals surface area contributed by atoms with E-state index < -0.39 is 0 Å². The average Bonchev–Trinajstić information content (AvgIpc) is 2.38. The molecule has 1 saturated heterocycles. The maximum Gasteiger partial charge on any atom is 0.315 e. The van der Waals surface area contributed by atoms with Crippen LogP contribution in [0.3, 0.4) is 0 Å². The van der Waals surface area contributed by atoms with E-state index in [0.29, 0.717) is 5.75 Å². The Morgan fingerprint density at radius 1 is 1.40 bits per heavy atom. The number of carbonyl (C=O) groups is 2. The highest BCUT2D eigenvalue weighted by atomic mass is 32.2. The van der Waals surface area contributed by atoms with Crippen LogP contribution in [0.2, 0.25) is 0 Å². The fourth-order valence-electron chi connectivity index (χ4n) is 2.04. The van der Waals surface area contributed by atoms with Gasteiger partial charge in [0.2, 0.25) is 5.91 Å². The third-order valence-corrected chi connectivity index (χ3v) is 4.21. The molecule has 0 saturated carbocycles. The SMILES string of the molecule is Cc1ccccc1NC(=O)CSC1CC(C)NC(=O)N1. The smallest absolute Gasteiger partial charge is 0.315 e. The van der Waals surface area contributed by atoms with Crippen molar-refractivity contribution in [3.8, 4) is 0 Å². The zero-order chi connectivity index (χ0) is 14.5. The van der Waals surface area contributed by atoms with Gasteiger partial charge in [-0.2, -0.15) is 0 Å². The minimum absolute atomic E-state index is 0.0126. The summed E-state index contributed by atoms with van der Waals surface area (Å²) in [4.78, 5) is 23.2. The molecular weight excluding hydrogens is 274 g/mol. The Bertz CT molecular complexity index is 507. The van der Waals surface area contributed by atoms with Crippen molar-refractivity contribution < 1.29 is 9.59 Å². The van der Waals surface area contributed by atoms with E-state index in [1.807, 2.05) is 38.1 Å². The van der Waals surface area contributed by atoms with Crippen molar-refractivity contribution in [1.29, 1.82) is 0 Å². The van der Waals surface area contributed by atoms with Gasteiger partial charge in [-0.15, -0.1) is 11.8 Å². The van der Waals surface area contributed by atoms with Gasteiger partial charge in [-0.3, -0.25) is 4.79 Å². The molecule has 0 radical (unpaired) electrons. The molecule has 6 heteroatoms. The number of nitrogens with one attached hydrogen (secondary N) is 3. The van der Waals surface area contributed by atoms with Crippen molar-refractivity contribution >= 4 is 29.4 Å². The van der Waals surface area contributed by atoms with Gasteiger partial charge >= 0.3 is 6.03 Å². The van der Waals surface area contributed by atoms with E-state index >= 15 is 0 Å². The number of anilines is 1. The van der Waals surface area contributed by atoms with Crippen LogP contribution in [-0.2, 0) is 4.79 Å². The lowest BCUT2D eigenvalue weighted by molar-refractivity contribution is -0.113. The molecule has 1 aromatic rings. The lowest BCUT2D eigenvalue weighted by Gasteiger charge is -2.28. The fraction of sp³-hybridized carbons (Fsp3) is 0.429. The van der Waals surface area contributed by atoms with Gasteiger partial charge in [-0.05, 0) is 31.9 Å². The van der Waals surface area contributed by atoms with Crippen molar-refractivity contribution in [2.75, 3.05) is 11.1 Å². The summed E-state index contributed by atoms with van der Waals surface area (Å²) < 4.78 is 0. The highest BCUT2D eigenvalue weighted by Crippen LogP contribution is 2.18. The first kappa shape index (κ1) is 14.7. The number of rotatable bonds is 4. The summed E-state index contributed by atoms with van der Waals surface area (Å²) in [6.45, 7) is 3.91. The number of hydrogen-bond acceptors (Lipinski definition) is 3. The maximum absolute atomic E-state index is 11.9. The normalized spacial score (nSPS) is 21.8. The second kappa shape index (κ2) is 6.65. The van der Waals surface area contributed by atoms with E-state index in [0.717, 1.165) is 17.7 Å². The first-order valence-electron chi connectivity index (χ1n) is 6.58. The summed E-state index contributed by atoms with van der Waals surface area (Å²) in [5.41, 5.74) is 1.87. The molecule has 20 heavy (non-hydrogen) atoms. The van der Waals surface area contributed by atoms with Gasteiger partial charge in [-0.1, -0.05) is 18.2 Å². The molecule has 0 aromatic heterocycles. The Kier molecular flexibility index (Phi) is 4.89. The molecular formula is C14H19N3O2S. The Morgan fingerprint density at radius 2 is 2.15 bits per heavy atom. The van der Waals surface area contributed by atoms with Crippen LogP contribution >= 0.6 is 11.8 Å². The van der Waals surface area contributed by atoms with Crippen molar-refractivity contribution in [2.45, 2.75) is 31.7 Å². The predicted octanol–water partition coefficient (Wildman–Crippen LogP) is 2.08. The number of aryl methyl sites for hydroxylation is 1. The number of hydrogen-bond donors (Lipinski definition) is 3. The third kappa shape index (κ3) is 4.16. The van der Waals surface area contributed by atoms with Crippen LogP contribution in [0.25, 0.3) is 0 Å². The van der Waals surface area contributed by atoms with Crippen LogP contribution < -0.4 is 16.0 Å². The van der Waals surface area contributed by atoms with Crippen LogP contribution in [0.1, 0.15) is 18.9 Å². The largest absolute Gasteiger partial charge is 0.336 e. The molecule has 1 aliphatic rings. The standard InChI is InChI=1S/C14H19N3O2S/c1-9-5-3-4-6-11(9)16-12(18)8-20-13-7-10(2)15-14(19)17-13/h3-6,10,13H,7-8H2,1-2H3,(H,16,18)(H2,15,17,19). The molecule has 2 atom stereocenters. The number of benzene rings is 1. The first-order chi connectivity index (χ1) is 9.54. The minimum atomic E-state index is -0.166. The average molecular weight is 293 g/mol. The summed E-state index contributed by atoms with van der Waals surface area (Å²) >= 11 is 1.45. The molecule has 1 fully saturated rings. The van der Waals surface area contributed by atoms with Gasteiger partial charge in [-0.25, -0.2) is 4.79 Å². The quantitative estimate of drug-likeness (QED) is 0.796. The highest BCUT2D eigenvalue weighted by molar-refractivity contribution is 8.00. The first-order valence-corrected chi connectivity index (χ1v) is 7.63. The van der Waals surface area contributed by atoms with Crippen LogP contribution in [0.15, 0.2) is 24.3 Å². The number of amides is 3. The van der Waals surface area contributed by atoms with Gasteiger partial charge in [0, 0.05) is 11.7 Å². The molecule has 2 unspecified atom stereocenters. The zero-order valence-corrected chi connectivity index (χ0v) is 12.4. The molecule has 1 aliphatic heterocycles. The van der Waals surface area contributed by atoms with E-state index in [1.165, 1.54) is 11.8 Å². The molecule has 108 valence electrons. The number of carbonyl (C=O) groups excluding carboxylic acids is 2. The monoisotopic (exact) mass is 293 g/mol. The van der Waals surface area contributed by atoms with Gasteiger partial charge in [0.15, 0.2) is 0 Å². The highest BCUT2D eigenvalue weighted by Gasteiger charge is 2.23. The summed E-state index contributed by atoms with van der Waals surface area (Å²) in [5.74, 6) is 0.274. The predicted molar refractivity (Wildman–Crippen MR) is 81.8 cm³/mol. The molecule has 0 bridgehead atoms. The minimum Gasteiger partial charge on any atom is -0.336 e. The second-order valence-corrected chi connectivity index (χ2v) is 6.11. The molecule has 2 rings (SSSR count). The van der Waals surface area contributed by atoms with E-state index in [1.54, 1.807) is 0 Å². The molecule has 3 N–H and O–H groups in total. The van der Waals surface area contributed by atoms with Crippen molar-refractivity contribution in [2.24, 2.45) is 0 Å². The molecule has 5 nitrogen and oxygen atoms in total. The fourth-order valence-corrected chi connectivity index (χ4v) is 3.08. The second-order valence-electron chi connectivity index (χ2n) is 4.92. The Hall–Kier alpha value is -1.69. The maximum atomic E-state index is 11.9. The van der Waals surface area contributed by atoms with Crippen LogP contribution in [0.5, 0.6) is 0 Å². The Labute approximate surface area is 122 Å². The van der Waals surface area contributed by atoms with E-state index in [9.17, 15) is 9.59 Å². The summed E-state index contributed by atoms with van der Waals surface area (Å²) in [6.07, 6.45) is 0.814. The van der Waals surface area contributed by atoms with Crippen LogP contribution in [0, 0.1) is 6.92 Å². The van der Waals surface area contributed by atoms with Crippen molar-refractivity contribution in [3.05, 3.63) is 29.8 Å². The molecule has 3 amide bonds. The van der Waals surface area contributed by atoms with Gasteiger partial charge in [0.05, 0.1) is 11.1 Å². The zero-order valence-electron chi connectivity index (χ0n) is 11.6. The Morgan fingerprint density at radius 3 is 2.85 bits per heavy atom. The summed E-state index contributed by atoms with van der Waals surface area (Å²) in [7, 11) is 0. The molecule has 1 aromatic carbocycles.